The van der Waals surface area contributed by atoms with Crippen molar-refractivity contribution in [1.29, 1.82) is 0 Å². The van der Waals surface area contributed by atoms with Crippen LogP contribution in [-0.4, -0.2) is 62.5 Å². The molecule has 0 aliphatic carbocycles. The molecule has 0 spiro atoms. The Morgan fingerprint density at radius 3 is 2.70 bits per heavy atom. The largest absolute Gasteiger partial charge is 0.466 e. The molecule has 0 unspecified atom stereocenters. The maximum atomic E-state index is 11.7. The molecule has 0 aromatic carbocycles. The normalized spacial score (nSPS) is 19.2. The summed E-state index contributed by atoms with van der Waals surface area (Å²) in [5, 5.41) is 4.97. The molecule has 0 saturated carbocycles. The van der Waals surface area contributed by atoms with Gasteiger partial charge in [0.1, 0.15) is 0 Å². The van der Waals surface area contributed by atoms with Gasteiger partial charge in [-0.25, -0.2) is 0 Å². The van der Waals surface area contributed by atoms with E-state index in [1.165, 1.54) is 7.05 Å². The number of hydrogen-bond donors (Lipinski definition) is 2. The van der Waals surface area contributed by atoms with Crippen LogP contribution >= 0.6 is 0 Å². The van der Waals surface area contributed by atoms with Crippen LogP contribution in [0.25, 0.3) is 0 Å². The summed E-state index contributed by atoms with van der Waals surface area (Å²) in [7, 11) is 1.52. The van der Waals surface area contributed by atoms with Crippen molar-refractivity contribution >= 4 is 17.8 Å². The van der Waals surface area contributed by atoms with Crippen molar-refractivity contribution in [2.24, 2.45) is 5.92 Å². The smallest absolute Gasteiger partial charge is 0.310 e. The highest BCUT2D eigenvalue weighted by molar-refractivity contribution is 5.85. The predicted molar refractivity (Wildman–Crippen MR) is 72.9 cm³/mol. The highest BCUT2D eigenvalue weighted by Gasteiger charge is 2.27. The maximum Gasteiger partial charge on any atom is 0.310 e. The molecule has 7 nitrogen and oxygen atoms in total. The molecule has 0 aromatic rings. The van der Waals surface area contributed by atoms with Gasteiger partial charge in [0.05, 0.1) is 25.6 Å². The van der Waals surface area contributed by atoms with E-state index in [4.69, 9.17) is 4.74 Å². The minimum Gasteiger partial charge on any atom is -0.466 e. The molecule has 0 bridgehead atoms. The molecular weight excluding hydrogens is 262 g/mol. The third kappa shape index (κ3) is 5.56. The number of likely N-dealkylation sites (tertiary alicyclic amines) is 1. The fourth-order valence-electron chi connectivity index (χ4n) is 2.18. The Hall–Kier alpha value is -1.63. The lowest BCUT2D eigenvalue weighted by Gasteiger charge is -2.30. The van der Waals surface area contributed by atoms with Gasteiger partial charge in [-0.05, 0) is 26.3 Å². The van der Waals surface area contributed by atoms with Crippen molar-refractivity contribution in [2.45, 2.75) is 19.8 Å². The number of esters is 1. The minimum atomic E-state index is -0.235. The molecule has 1 aliphatic rings. The molecule has 1 fully saturated rings. The third-order valence-corrected chi connectivity index (χ3v) is 3.22. The molecule has 1 aliphatic heterocycles. The Bertz CT molecular complexity index is 360. The molecule has 0 aromatic heterocycles. The van der Waals surface area contributed by atoms with Crippen LogP contribution < -0.4 is 10.6 Å². The number of likely N-dealkylation sites (N-methyl/N-ethyl adjacent to an activating group) is 1. The second-order valence-corrected chi connectivity index (χ2v) is 4.78. The summed E-state index contributed by atoms with van der Waals surface area (Å²) in [5.74, 6) is -0.794. The van der Waals surface area contributed by atoms with Gasteiger partial charge in [-0.1, -0.05) is 0 Å². The zero-order valence-electron chi connectivity index (χ0n) is 12.1. The summed E-state index contributed by atoms with van der Waals surface area (Å²) in [6.07, 6.45) is 1.67. The first kappa shape index (κ1) is 16.4. The van der Waals surface area contributed by atoms with Crippen molar-refractivity contribution in [2.75, 3.05) is 39.8 Å². The number of rotatable bonds is 6. The van der Waals surface area contributed by atoms with E-state index in [2.05, 4.69) is 10.6 Å². The second kappa shape index (κ2) is 8.52. The van der Waals surface area contributed by atoms with Crippen LogP contribution in [0.3, 0.4) is 0 Å². The zero-order chi connectivity index (χ0) is 15.0. The van der Waals surface area contributed by atoms with E-state index < -0.39 is 0 Å². The topological polar surface area (TPSA) is 87.7 Å². The number of carbonyl (C=O) groups excluding carboxylic acids is 3. The quantitative estimate of drug-likeness (QED) is 0.619. The van der Waals surface area contributed by atoms with E-state index in [-0.39, 0.29) is 36.8 Å². The van der Waals surface area contributed by atoms with Crippen molar-refractivity contribution in [3.8, 4) is 0 Å². The van der Waals surface area contributed by atoms with Gasteiger partial charge in [-0.3, -0.25) is 19.3 Å². The third-order valence-electron chi connectivity index (χ3n) is 3.22. The van der Waals surface area contributed by atoms with Crippen molar-refractivity contribution in [1.82, 2.24) is 15.5 Å². The number of hydrogen-bond acceptors (Lipinski definition) is 5. The maximum absolute atomic E-state index is 11.7. The lowest BCUT2D eigenvalue weighted by molar-refractivity contribution is -0.150. The average Bonchev–Trinajstić information content (AvgIpc) is 2.45. The fourth-order valence-corrected chi connectivity index (χ4v) is 2.18. The molecule has 1 rings (SSSR count). The predicted octanol–water partition coefficient (Wildman–Crippen LogP) is -0.876. The van der Waals surface area contributed by atoms with Crippen LogP contribution in [0, 0.1) is 5.92 Å². The van der Waals surface area contributed by atoms with Crippen LogP contribution in [0.1, 0.15) is 19.8 Å². The van der Waals surface area contributed by atoms with Gasteiger partial charge in [-0.2, -0.15) is 0 Å². The molecule has 2 amide bonds. The van der Waals surface area contributed by atoms with Crippen LogP contribution in [-0.2, 0) is 19.1 Å². The van der Waals surface area contributed by atoms with Crippen LogP contribution in [0.4, 0.5) is 0 Å². The summed E-state index contributed by atoms with van der Waals surface area (Å²) in [6, 6.07) is 0. The van der Waals surface area contributed by atoms with E-state index in [0.29, 0.717) is 13.2 Å². The highest BCUT2D eigenvalue weighted by Crippen LogP contribution is 2.17. The summed E-state index contributed by atoms with van der Waals surface area (Å²) < 4.78 is 5.01. The first-order chi connectivity index (χ1) is 9.56. The molecule has 20 heavy (non-hydrogen) atoms. The Kier molecular flexibility index (Phi) is 7.00. The fraction of sp³-hybridized carbons (Fsp3) is 0.769. The molecule has 7 heteroatoms. The monoisotopic (exact) mass is 285 g/mol. The van der Waals surface area contributed by atoms with Gasteiger partial charge >= 0.3 is 5.97 Å². The first-order valence-corrected chi connectivity index (χ1v) is 6.93. The first-order valence-electron chi connectivity index (χ1n) is 6.93. The van der Waals surface area contributed by atoms with E-state index >= 15 is 0 Å². The van der Waals surface area contributed by atoms with Crippen LogP contribution in [0.15, 0.2) is 0 Å². The van der Waals surface area contributed by atoms with Crippen molar-refractivity contribution < 1.29 is 19.1 Å². The molecule has 2 N–H and O–H groups in total. The molecule has 1 atom stereocenters. The Balaban J connectivity index is 2.34. The Labute approximate surface area is 119 Å². The molecule has 1 heterocycles. The standard InChI is InChI=1S/C13H23N3O4/c1-3-20-13(19)10-5-4-6-16(8-10)9-12(18)15-7-11(17)14-2/h10H,3-9H2,1-2H3,(H,14,17)(H,15,18)/t10-/m1/s1. The number of carbonyl (C=O) groups is 3. The van der Waals surface area contributed by atoms with Gasteiger partial charge in [0.2, 0.25) is 11.8 Å². The minimum absolute atomic E-state index is 0.0233. The summed E-state index contributed by atoms with van der Waals surface area (Å²) in [6.45, 7) is 3.65. The number of ether oxygens (including phenoxy) is 1. The van der Waals surface area contributed by atoms with Crippen LogP contribution in [0.5, 0.6) is 0 Å². The van der Waals surface area contributed by atoms with Gasteiger partial charge in [-0.15, -0.1) is 0 Å². The number of nitrogens with zero attached hydrogens (tertiary/aromatic N) is 1. The van der Waals surface area contributed by atoms with Crippen molar-refractivity contribution in [3.63, 3.8) is 0 Å². The van der Waals surface area contributed by atoms with Gasteiger partial charge in [0.15, 0.2) is 0 Å². The van der Waals surface area contributed by atoms with E-state index in [9.17, 15) is 14.4 Å². The lowest BCUT2D eigenvalue weighted by Crippen LogP contribution is -2.46. The number of nitrogens with one attached hydrogen (secondary N) is 2. The van der Waals surface area contributed by atoms with Gasteiger partial charge in [0, 0.05) is 13.6 Å². The number of amides is 2. The van der Waals surface area contributed by atoms with Crippen molar-refractivity contribution in [3.05, 3.63) is 0 Å². The molecular formula is C13H23N3O4. The molecule has 0 radical (unpaired) electrons. The highest BCUT2D eigenvalue weighted by atomic mass is 16.5. The van der Waals surface area contributed by atoms with E-state index in [1.807, 2.05) is 4.90 Å². The average molecular weight is 285 g/mol. The van der Waals surface area contributed by atoms with Crippen LogP contribution in [0.2, 0.25) is 0 Å². The van der Waals surface area contributed by atoms with Gasteiger partial charge in [0.25, 0.3) is 0 Å². The Morgan fingerprint density at radius 1 is 1.30 bits per heavy atom. The lowest BCUT2D eigenvalue weighted by atomic mass is 9.98. The summed E-state index contributed by atoms with van der Waals surface area (Å²) in [4.78, 5) is 36.3. The Morgan fingerprint density at radius 2 is 2.05 bits per heavy atom. The SMILES string of the molecule is CCOC(=O)[C@@H]1CCCN(CC(=O)NCC(=O)NC)C1. The number of piperidine rings is 1. The van der Waals surface area contributed by atoms with E-state index in [1.54, 1.807) is 6.92 Å². The van der Waals surface area contributed by atoms with E-state index in [0.717, 1.165) is 19.4 Å². The zero-order valence-corrected chi connectivity index (χ0v) is 12.1. The molecule has 114 valence electrons. The summed E-state index contributed by atoms with van der Waals surface area (Å²) in [5.41, 5.74) is 0. The summed E-state index contributed by atoms with van der Waals surface area (Å²) >= 11 is 0. The molecule has 1 saturated heterocycles. The van der Waals surface area contributed by atoms with Gasteiger partial charge < -0.3 is 15.4 Å². The second-order valence-electron chi connectivity index (χ2n) is 4.78.